The van der Waals surface area contributed by atoms with Crippen LogP contribution in [0.25, 0.3) is 0 Å². The zero-order chi connectivity index (χ0) is 21.2. The first-order valence-electron chi connectivity index (χ1n) is 11.0. The Morgan fingerprint density at radius 1 is 0.968 bits per heavy atom. The van der Waals surface area contributed by atoms with Crippen molar-refractivity contribution in [3.05, 3.63) is 59.7 Å². The Bertz CT molecular complexity index is 965. The minimum Gasteiger partial charge on any atom is -0.490 e. The molecule has 0 bridgehead atoms. The van der Waals surface area contributed by atoms with Gasteiger partial charge in [0.25, 0.3) is 5.91 Å². The van der Waals surface area contributed by atoms with E-state index < -0.39 is 6.04 Å². The summed E-state index contributed by atoms with van der Waals surface area (Å²) in [7, 11) is 0. The van der Waals surface area contributed by atoms with Crippen LogP contribution >= 0.6 is 0 Å². The van der Waals surface area contributed by atoms with Gasteiger partial charge in [-0.1, -0.05) is 36.4 Å². The molecule has 0 unspecified atom stereocenters. The summed E-state index contributed by atoms with van der Waals surface area (Å²) in [6, 6.07) is 15.2. The number of benzene rings is 2. The van der Waals surface area contributed by atoms with Gasteiger partial charge in [0, 0.05) is 25.4 Å². The molecule has 0 radical (unpaired) electrons. The van der Waals surface area contributed by atoms with Crippen LogP contribution in [0.5, 0.6) is 11.5 Å². The molecule has 0 aromatic heterocycles. The second-order valence-electron chi connectivity index (χ2n) is 8.33. The molecule has 2 aromatic carbocycles. The smallest absolute Gasteiger partial charge is 0.325 e. The average molecular weight is 421 g/mol. The highest BCUT2D eigenvalue weighted by molar-refractivity contribution is 6.04. The van der Waals surface area contributed by atoms with Gasteiger partial charge in [0.05, 0.1) is 19.9 Å². The van der Waals surface area contributed by atoms with Gasteiger partial charge in [0.2, 0.25) is 0 Å². The maximum Gasteiger partial charge on any atom is 0.325 e. The lowest BCUT2D eigenvalue weighted by atomic mass is 10.0. The molecule has 2 atom stereocenters. The summed E-state index contributed by atoms with van der Waals surface area (Å²) in [5, 5.41) is 2.85. The maximum atomic E-state index is 13.0. The van der Waals surface area contributed by atoms with Crippen LogP contribution in [0.4, 0.5) is 4.79 Å². The van der Waals surface area contributed by atoms with Crippen LogP contribution in [0.1, 0.15) is 36.4 Å². The molecule has 0 aliphatic carbocycles. The van der Waals surface area contributed by atoms with Crippen molar-refractivity contribution >= 4 is 11.9 Å². The van der Waals surface area contributed by atoms with E-state index in [4.69, 9.17) is 9.47 Å². The van der Waals surface area contributed by atoms with E-state index >= 15 is 0 Å². The summed E-state index contributed by atoms with van der Waals surface area (Å²) in [6.07, 6.45) is 3.39. The number of likely N-dealkylation sites (tertiary alicyclic amines) is 1. The highest BCUT2D eigenvalue weighted by Crippen LogP contribution is 2.38. The minimum atomic E-state index is -0.506. The van der Waals surface area contributed by atoms with Crippen LogP contribution < -0.4 is 14.8 Å². The van der Waals surface area contributed by atoms with Crippen LogP contribution in [0, 0.1) is 0 Å². The van der Waals surface area contributed by atoms with Crippen molar-refractivity contribution in [2.45, 2.75) is 37.8 Å². The number of nitrogens with zero attached hydrogens (tertiary/aromatic N) is 2. The molecule has 3 aliphatic rings. The monoisotopic (exact) mass is 421 g/mol. The second-order valence-corrected chi connectivity index (χ2v) is 8.33. The SMILES string of the molecule is O=C1N[C@@H](Cc2ccccc2)C(=O)N1CN1CCC[C@@H]1c1ccc2c(c1)OCCCO2. The van der Waals surface area contributed by atoms with Gasteiger partial charge in [-0.3, -0.25) is 9.69 Å². The van der Waals surface area contributed by atoms with Gasteiger partial charge in [0.15, 0.2) is 11.5 Å². The predicted octanol–water partition coefficient (Wildman–Crippen LogP) is 3.11. The molecule has 7 heteroatoms. The van der Waals surface area contributed by atoms with Crippen molar-refractivity contribution < 1.29 is 19.1 Å². The molecule has 3 aliphatic heterocycles. The number of hydrogen-bond donors (Lipinski definition) is 1. The molecular weight excluding hydrogens is 394 g/mol. The van der Waals surface area contributed by atoms with Crippen molar-refractivity contribution in [1.82, 2.24) is 15.1 Å². The van der Waals surface area contributed by atoms with Gasteiger partial charge in [0.1, 0.15) is 6.04 Å². The molecule has 7 nitrogen and oxygen atoms in total. The Balaban J connectivity index is 1.29. The Morgan fingerprint density at radius 3 is 2.61 bits per heavy atom. The minimum absolute atomic E-state index is 0.144. The van der Waals surface area contributed by atoms with E-state index in [9.17, 15) is 9.59 Å². The Kier molecular flexibility index (Phi) is 5.51. The van der Waals surface area contributed by atoms with Crippen LogP contribution in [-0.4, -0.2) is 54.2 Å². The van der Waals surface area contributed by atoms with Gasteiger partial charge in [-0.05, 0) is 36.1 Å². The Labute approximate surface area is 181 Å². The number of fused-ring (bicyclic) bond motifs is 1. The molecule has 5 rings (SSSR count). The number of urea groups is 1. The number of imide groups is 1. The maximum absolute atomic E-state index is 13.0. The largest absolute Gasteiger partial charge is 0.490 e. The van der Waals surface area contributed by atoms with Gasteiger partial charge in [-0.2, -0.15) is 0 Å². The first-order chi connectivity index (χ1) is 15.2. The van der Waals surface area contributed by atoms with Gasteiger partial charge >= 0.3 is 6.03 Å². The fraction of sp³-hybridized carbons (Fsp3) is 0.417. The van der Waals surface area contributed by atoms with Crippen LogP contribution in [0.3, 0.4) is 0 Å². The fourth-order valence-corrected chi connectivity index (χ4v) is 4.64. The summed E-state index contributed by atoms with van der Waals surface area (Å²) >= 11 is 0. The standard InChI is InChI=1S/C24H27N3O4/c28-23-19(14-17-6-2-1-3-7-17)25-24(29)27(23)16-26-11-4-8-20(26)18-9-10-21-22(15-18)31-13-5-12-30-21/h1-3,6-7,9-10,15,19-20H,4-5,8,11-14,16H2,(H,25,29)/t19-,20+/m0/s1. The predicted molar refractivity (Wildman–Crippen MR) is 115 cm³/mol. The van der Waals surface area contributed by atoms with E-state index in [-0.39, 0.29) is 18.0 Å². The third kappa shape index (κ3) is 4.10. The lowest BCUT2D eigenvalue weighted by molar-refractivity contribution is -0.129. The third-order valence-electron chi connectivity index (χ3n) is 6.23. The molecule has 31 heavy (non-hydrogen) atoms. The zero-order valence-corrected chi connectivity index (χ0v) is 17.5. The number of amides is 3. The van der Waals surface area contributed by atoms with E-state index in [0.717, 1.165) is 48.4 Å². The topological polar surface area (TPSA) is 71.1 Å². The number of hydrogen-bond acceptors (Lipinski definition) is 5. The van der Waals surface area contributed by atoms with E-state index in [1.54, 1.807) is 0 Å². The second kappa shape index (κ2) is 8.59. The highest BCUT2D eigenvalue weighted by atomic mass is 16.5. The molecule has 3 heterocycles. The van der Waals surface area contributed by atoms with Gasteiger partial charge in [-0.15, -0.1) is 0 Å². The number of carbonyl (C=O) groups excluding carboxylic acids is 2. The first kappa shape index (κ1) is 19.9. The van der Waals surface area contributed by atoms with Gasteiger partial charge in [-0.25, -0.2) is 9.69 Å². The normalized spacial score (nSPS) is 23.7. The van der Waals surface area contributed by atoms with Crippen LogP contribution in [-0.2, 0) is 11.2 Å². The number of nitrogens with one attached hydrogen (secondary N) is 1. The quantitative estimate of drug-likeness (QED) is 0.752. The average Bonchev–Trinajstić information content (AvgIpc) is 3.25. The van der Waals surface area contributed by atoms with Crippen molar-refractivity contribution in [3.8, 4) is 11.5 Å². The molecule has 162 valence electrons. The lowest BCUT2D eigenvalue weighted by Gasteiger charge is -2.28. The van der Waals surface area contributed by atoms with E-state index in [1.807, 2.05) is 42.5 Å². The number of ether oxygens (including phenoxy) is 2. The Hall–Kier alpha value is -3.06. The van der Waals surface area contributed by atoms with E-state index in [0.29, 0.717) is 26.3 Å². The van der Waals surface area contributed by atoms with Crippen molar-refractivity contribution in [1.29, 1.82) is 0 Å². The molecule has 1 N–H and O–H groups in total. The summed E-state index contributed by atoms with van der Waals surface area (Å²) in [6.45, 7) is 2.46. The summed E-state index contributed by atoms with van der Waals surface area (Å²) < 4.78 is 11.6. The van der Waals surface area contributed by atoms with E-state index in [2.05, 4.69) is 16.3 Å². The van der Waals surface area contributed by atoms with Crippen molar-refractivity contribution in [3.63, 3.8) is 0 Å². The third-order valence-corrected chi connectivity index (χ3v) is 6.23. The molecule has 3 amide bonds. The number of carbonyl (C=O) groups is 2. The van der Waals surface area contributed by atoms with Gasteiger partial charge < -0.3 is 14.8 Å². The fourth-order valence-electron chi connectivity index (χ4n) is 4.64. The Morgan fingerprint density at radius 2 is 1.77 bits per heavy atom. The molecule has 2 fully saturated rings. The summed E-state index contributed by atoms with van der Waals surface area (Å²) in [4.78, 5) is 29.1. The highest BCUT2D eigenvalue weighted by Gasteiger charge is 2.40. The summed E-state index contributed by atoms with van der Waals surface area (Å²) in [5.41, 5.74) is 2.17. The number of rotatable bonds is 5. The van der Waals surface area contributed by atoms with Crippen LogP contribution in [0.15, 0.2) is 48.5 Å². The molecule has 2 aromatic rings. The summed E-state index contributed by atoms with van der Waals surface area (Å²) in [5.74, 6) is 1.40. The first-order valence-corrected chi connectivity index (χ1v) is 11.0. The van der Waals surface area contributed by atoms with Crippen molar-refractivity contribution in [2.75, 3.05) is 26.4 Å². The van der Waals surface area contributed by atoms with Crippen molar-refractivity contribution in [2.24, 2.45) is 0 Å². The lowest BCUT2D eigenvalue weighted by Crippen LogP contribution is -2.41. The zero-order valence-electron chi connectivity index (χ0n) is 17.5. The van der Waals surface area contributed by atoms with Crippen LogP contribution in [0.2, 0.25) is 0 Å². The molecule has 0 saturated carbocycles. The van der Waals surface area contributed by atoms with E-state index in [1.165, 1.54) is 4.90 Å². The molecular formula is C24H27N3O4. The molecule has 2 saturated heterocycles. The molecule has 0 spiro atoms.